The third-order valence-electron chi connectivity index (χ3n) is 5.87. The van der Waals surface area contributed by atoms with Crippen LogP contribution in [-0.2, 0) is 28.9 Å². The normalized spacial score (nSPS) is 13.3. The van der Waals surface area contributed by atoms with Gasteiger partial charge in [-0.2, -0.15) is 0 Å². The van der Waals surface area contributed by atoms with Crippen molar-refractivity contribution in [3.05, 3.63) is 88.4 Å². The maximum absolute atomic E-state index is 12.6. The van der Waals surface area contributed by atoms with Crippen molar-refractivity contribution >= 4 is 23.5 Å². The molecule has 0 aliphatic heterocycles. The molecule has 0 fully saturated rings. The van der Waals surface area contributed by atoms with Crippen LogP contribution < -0.4 is 10.6 Å². The van der Waals surface area contributed by atoms with Gasteiger partial charge >= 0.3 is 12.2 Å². The van der Waals surface area contributed by atoms with Crippen molar-refractivity contribution in [3.63, 3.8) is 0 Å². The molecular formula is C28H35N3O4S. The molecule has 3 atom stereocenters. The third-order valence-corrected chi connectivity index (χ3v) is 6.62. The van der Waals surface area contributed by atoms with Crippen molar-refractivity contribution < 1.29 is 19.1 Å². The number of benzene rings is 2. The lowest BCUT2D eigenvalue weighted by molar-refractivity contribution is 0.101. The molecule has 0 radical (unpaired) electrons. The Balaban J connectivity index is 1.64. The minimum absolute atomic E-state index is 0.141. The van der Waals surface area contributed by atoms with E-state index in [1.54, 1.807) is 11.7 Å². The highest BCUT2D eigenvalue weighted by atomic mass is 32.1. The summed E-state index contributed by atoms with van der Waals surface area (Å²) in [6, 6.07) is 19.8. The van der Waals surface area contributed by atoms with Gasteiger partial charge in [0.1, 0.15) is 12.7 Å². The number of aromatic nitrogens is 1. The van der Waals surface area contributed by atoms with Gasteiger partial charge in [0.15, 0.2) is 0 Å². The summed E-state index contributed by atoms with van der Waals surface area (Å²) in [4.78, 5) is 30.0. The quantitative estimate of drug-likeness (QED) is 0.300. The molecule has 192 valence electrons. The topological polar surface area (TPSA) is 89.6 Å². The summed E-state index contributed by atoms with van der Waals surface area (Å²) in [5.74, 6) is 0. The fraction of sp³-hybridized carbons (Fsp3) is 0.393. The first-order chi connectivity index (χ1) is 17.5. The molecule has 1 aromatic heterocycles. The van der Waals surface area contributed by atoms with Crippen LogP contribution in [-0.4, -0.2) is 35.4 Å². The zero-order valence-electron chi connectivity index (χ0n) is 20.9. The molecule has 0 aliphatic carbocycles. The first kappa shape index (κ1) is 27.2. The number of carbonyl (C=O) groups excluding carboxylic acids is 2. The number of thiazole rings is 1. The van der Waals surface area contributed by atoms with Crippen molar-refractivity contribution in [2.45, 2.75) is 70.7 Å². The molecule has 3 rings (SSSR count). The second kappa shape index (κ2) is 14.9. The molecule has 2 amide bonds. The molecule has 1 heterocycles. The smallest absolute Gasteiger partial charge is 0.407 e. The monoisotopic (exact) mass is 509 g/mol. The van der Waals surface area contributed by atoms with Gasteiger partial charge < -0.3 is 20.1 Å². The number of hydrogen-bond acceptors (Lipinski definition) is 6. The largest absolute Gasteiger partial charge is 0.447 e. The summed E-state index contributed by atoms with van der Waals surface area (Å²) in [7, 11) is 0. The van der Waals surface area contributed by atoms with E-state index in [1.165, 1.54) is 11.3 Å². The number of nitrogens with one attached hydrogen (secondary N) is 2. The predicted octanol–water partition coefficient (Wildman–Crippen LogP) is 5.90. The summed E-state index contributed by atoms with van der Waals surface area (Å²) in [5.41, 5.74) is 3.96. The maximum Gasteiger partial charge on any atom is 0.407 e. The summed E-state index contributed by atoms with van der Waals surface area (Å²) in [6.07, 6.45) is 4.07. The number of amides is 2. The number of nitrogens with zero attached hydrogens (tertiary/aromatic N) is 1. The van der Waals surface area contributed by atoms with Gasteiger partial charge in [-0.3, -0.25) is 4.98 Å². The fourth-order valence-electron chi connectivity index (χ4n) is 3.78. The van der Waals surface area contributed by atoms with Crippen molar-refractivity contribution in [1.29, 1.82) is 0 Å². The van der Waals surface area contributed by atoms with E-state index in [-0.39, 0.29) is 24.8 Å². The molecule has 7 nitrogen and oxygen atoms in total. The van der Waals surface area contributed by atoms with Crippen LogP contribution in [0.5, 0.6) is 0 Å². The van der Waals surface area contributed by atoms with Crippen molar-refractivity contribution in [1.82, 2.24) is 15.6 Å². The second-order valence-electron chi connectivity index (χ2n) is 8.81. The maximum atomic E-state index is 12.6. The number of rotatable bonds is 13. The standard InChI is InChI=1S/C28H35N3O4S/c1-3-21(2)35-28(33)31-25(17-23-12-8-5-9-13-23)15-14-24(16-22-10-6-4-7-11-22)30-27(32)34-19-26-18-29-20-36-26/h4-13,18,20-21,24-25H,3,14-17,19H2,1-2H3,(H,30,32)(H,31,33)/t21?,24-,25-/m1/s1. The van der Waals surface area contributed by atoms with Gasteiger partial charge in [-0.25, -0.2) is 9.59 Å². The highest BCUT2D eigenvalue weighted by Gasteiger charge is 2.20. The number of alkyl carbamates (subject to hydrolysis) is 2. The van der Waals surface area contributed by atoms with E-state index in [2.05, 4.69) is 15.6 Å². The molecule has 8 heteroatoms. The Morgan fingerprint density at radius 1 is 0.889 bits per heavy atom. The van der Waals surface area contributed by atoms with Gasteiger partial charge in [-0.05, 0) is 50.2 Å². The zero-order valence-corrected chi connectivity index (χ0v) is 21.7. The molecule has 0 saturated heterocycles. The molecule has 0 spiro atoms. The van der Waals surface area contributed by atoms with E-state index in [0.717, 1.165) is 22.4 Å². The molecule has 36 heavy (non-hydrogen) atoms. The van der Waals surface area contributed by atoms with Crippen LogP contribution >= 0.6 is 11.3 Å². The third kappa shape index (κ3) is 10.1. The molecule has 0 saturated carbocycles. The minimum atomic E-state index is -0.465. The summed E-state index contributed by atoms with van der Waals surface area (Å²) < 4.78 is 10.9. The Hall–Kier alpha value is -3.39. The molecule has 1 unspecified atom stereocenters. The summed E-state index contributed by atoms with van der Waals surface area (Å²) >= 11 is 1.44. The van der Waals surface area contributed by atoms with Crippen molar-refractivity contribution in [2.24, 2.45) is 0 Å². The van der Waals surface area contributed by atoms with Crippen LogP contribution in [0.15, 0.2) is 72.4 Å². The highest BCUT2D eigenvalue weighted by molar-refractivity contribution is 7.09. The second-order valence-corrected chi connectivity index (χ2v) is 9.78. The van der Waals surface area contributed by atoms with E-state index in [4.69, 9.17) is 9.47 Å². The van der Waals surface area contributed by atoms with Crippen LogP contribution in [0.3, 0.4) is 0 Å². The minimum Gasteiger partial charge on any atom is -0.447 e. The van der Waals surface area contributed by atoms with Crippen LogP contribution in [0, 0.1) is 0 Å². The van der Waals surface area contributed by atoms with E-state index >= 15 is 0 Å². The molecular weight excluding hydrogens is 474 g/mol. The number of ether oxygens (including phenoxy) is 2. The van der Waals surface area contributed by atoms with Gasteiger partial charge in [-0.15, -0.1) is 11.3 Å². The zero-order chi connectivity index (χ0) is 25.6. The lowest BCUT2D eigenvalue weighted by Crippen LogP contribution is -2.41. The summed E-state index contributed by atoms with van der Waals surface area (Å²) in [5, 5.41) is 6.06. The van der Waals surface area contributed by atoms with Crippen LogP contribution in [0.2, 0.25) is 0 Å². The molecule has 3 aromatic rings. The fourth-order valence-corrected chi connectivity index (χ4v) is 4.28. The van der Waals surface area contributed by atoms with Gasteiger partial charge in [0, 0.05) is 18.3 Å². The highest BCUT2D eigenvalue weighted by Crippen LogP contribution is 2.14. The predicted molar refractivity (Wildman–Crippen MR) is 142 cm³/mol. The number of hydrogen-bond donors (Lipinski definition) is 2. The van der Waals surface area contributed by atoms with Crippen LogP contribution in [0.4, 0.5) is 9.59 Å². The Morgan fingerprint density at radius 3 is 1.94 bits per heavy atom. The van der Waals surface area contributed by atoms with E-state index in [9.17, 15) is 9.59 Å². The van der Waals surface area contributed by atoms with E-state index in [1.807, 2.05) is 74.5 Å². The van der Waals surface area contributed by atoms with Gasteiger partial charge in [0.25, 0.3) is 0 Å². The Kier molecular flexibility index (Phi) is 11.2. The van der Waals surface area contributed by atoms with Crippen LogP contribution in [0.1, 0.15) is 49.1 Å². The lowest BCUT2D eigenvalue weighted by atomic mass is 9.96. The SMILES string of the molecule is CCC(C)OC(=O)N[C@H](CC[C@H](Cc1ccccc1)NC(=O)OCc1cncs1)Cc1ccccc1. The van der Waals surface area contributed by atoms with Gasteiger partial charge in [0.05, 0.1) is 10.4 Å². The van der Waals surface area contributed by atoms with E-state index < -0.39 is 12.2 Å². The lowest BCUT2D eigenvalue weighted by Gasteiger charge is -2.24. The molecule has 0 bridgehead atoms. The molecule has 2 aromatic carbocycles. The first-order valence-electron chi connectivity index (χ1n) is 12.4. The van der Waals surface area contributed by atoms with Crippen molar-refractivity contribution in [2.75, 3.05) is 0 Å². The van der Waals surface area contributed by atoms with Gasteiger partial charge in [0.2, 0.25) is 0 Å². The first-order valence-corrected chi connectivity index (χ1v) is 13.3. The summed E-state index contributed by atoms with van der Waals surface area (Å²) in [6.45, 7) is 4.05. The molecule has 2 N–H and O–H groups in total. The van der Waals surface area contributed by atoms with Crippen molar-refractivity contribution in [3.8, 4) is 0 Å². The van der Waals surface area contributed by atoms with Gasteiger partial charge in [-0.1, -0.05) is 67.6 Å². The average molecular weight is 510 g/mol. The van der Waals surface area contributed by atoms with Crippen LogP contribution in [0.25, 0.3) is 0 Å². The molecule has 0 aliphatic rings. The average Bonchev–Trinajstić information content (AvgIpc) is 3.41. The Morgan fingerprint density at radius 2 is 1.44 bits per heavy atom. The Labute approximate surface area is 217 Å². The Bertz CT molecular complexity index is 1030. The van der Waals surface area contributed by atoms with E-state index in [0.29, 0.717) is 25.7 Å². The number of carbonyl (C=O) groups is 2.